The summed E-state index contributed by atoms with van der Waals surface area (Å²) in [5.41, 5.74) is 0. The molecule has 1 aliphatic rings. The van der Waals surface area contributed by atoms with E-state index in [-0.39, 0.29) is 25.8 Å². The summed E-state index contributed by atoms with van der Waals surface area (Å²) in [7, 11) is 1.66. The van der Waals surface area contributed by atoms with E-state index in [1.165, 1.54) is 141 Å². The van der Waals surface area contributed by atoms with Crippen LogP contribution in [0.4, 0.5) is 0 Å². The smallest absolute Gasteiger partial charge is 0.457 e. The van der Waals surface area contributed by atoms with Gasteiger partial charge in [0.25, 0.3) is 0 Å². The number of hydrogen-bond acceptors (Lipinski definition) is 7. The number of carbonyl (C=O) groups is 1. The van der Waals surface area contributed by atoms with Gasteiger partial charge < -0.3 is 23.6 Å². The highest BCUT2D eigenvalue weighted by Gasteiger charge is 2.36. The van der Waals surface area contributed by atoms with Gasteiger partial charge in [0.05, 0.1) is 46.6 Å². The normalized spacial score (nSPS) is 17.6. The monoisotopic (exact) mass is 789 g/mol. The molecule has 10 heteroatoms. The second kappa shape index (κ2) is 34.3. The van der Waals surface area contributed by atoms with E-state index in [0.717, 1.165) is 32.1 Å². The van der Waals surface area contributed by atoms with Crippen molar-refractivity contribution in [3.05, 3.63) is 12.2 Å². The molecule has 0 aromatic carbocycles. The molecule has 1 fully saturated rings. The van der Waals surface area contributed by atoms with Gasteiger partial charge in [0, 0.05) is 13.0 Å². The summed E-state index contributed by atoms with van der Waals surface area (Å²) < 4.78 is 40.9. The summed E-state index contributed by atoms with van der Waals surface area (Å²) in [5, 5.41) is 0. The number of phosphoric acid groups is 1. The van der Waals surface area contributed by atoms with E-state index in [9.17, 15) is 14.3 Å². The molecule has 0 aliphatic carbocycles. The molecule has 1 rings (SSSR count). The molecule has 54 heavy (non-hydrogen) atoms. The molecule has 0 aromatic rings. The second-order valence-electron chi connectivity index (χ2n) is 16.8. The quantitative estimate of drug-likeness (QED) is 0.0163. The number of allylic oxidation sites excluding steroid dienone is 2. The van der Waals surface area contributed by atoms with Crippen LogP contribution in [-0.4, -0.2) is 87.8 Å². The van der Waals surface area contributed by atoms with Gasteiger partial charge in [-0.2, -0.15) is 0 Å². The van der Waals surface area contributed by atoms with Crippen molar-refractivity contribution in [2.24, 2.45) is 0 Å². The van der Waals surface area contributed by atoms with Crippen molar-refractivity contribution in [2.45, 2.75) is 212 Å². The van der Waals surface area contributed by atoms with E-state index in [4.69, 9.17) is 23.3 Å². The van der Waals surface area contributed by atoms with Crippen LogP contribution in [0, 0.1) is 0 Å². The van der Waals surface area contributed by atoms with Crippen molar-refractivity contribution in [3.63, 3.8) is 0 Å². The fourth-order valence-corrected chi connectivity index (χ4v) is 7.37. The van der Waals surface area contributed by atoms with Crippen LogP contribution in [0.15, 0.2) is 12.2 Å². The van der Waals surface area contributed by atoms with Crippen molar-refractivity contribution in [3.8, 4) is 0 Å². The third-order valence-electron chi connectivity index (χ3n) is 10.2. The van der Waals surface area contributed by atoms with Gasteiger partial charge in [-0.05, 0) is 51.4 Å². The van der Waals surface area contributed by atoms with Crippen LogP contribution < -0.4 is 0 Å². The molecule has 1 saturated heterocycles. The summed E-state index contributed by atoms with van der Waals surface area (Å²) >= 11 is 0. The number of nitrogens with zero attached hydrogens (tertiary/aromatic N) is 1. The van der Waals surface area contributed by atoms with Crippen molar-refractivity contribution >= 4 is 13.8 Å². The van der Waals surface area contributed by atoms with Crippen molar-refractivity contribution < 1.29 is 42.0 Å². The van der Waals surface area contributed by atoms with E-state index in [1.807, 2.05) is 21.1 Å². The first kappa shape index (κ1) is 51.2. The molecule has 320 valence electrons. The number of epoxide rings is 1. The Kier molecular flexibility index (Phi) is 32.5. The largest absolute Gasteiger partial charge is 0.472 e. The van der Waals surface area contributed by atoms with E-state index in [0.29, 0.717) is 36.3 Å². The summed E-state index contributed by atoms with van der Waals surface area (Å²) in [6, 6.07) is 0. The highest BCUT2D eigenvalue weighted by Crippen LogP contribution is 2.43. The Morgan fingerprint density at radius 3 is 1.69 bits per heavy atom. The molecule has 1 aliphatic heterocycles. The van der Waals surface area contributed by atoms with Gasteiger partial charge in [-0.15, -0.1) is 0 Å². The number of rotatable bonds is 41. The van der Waals surface area contributed by atoms with Gasteiger partial charge >= 0.3 is 13.8 Å². The zero-order valence-electron chi connectivity index (χ0n) is 35.9. The first-order valence-corrected chi connectivity index (χ1v) is 24.1. The molecule has 4 atom stereocenters. The Morgan fingerprint density at radius 1 is 0.648 bits per heavy atom. The first-order chi connectivity index (χ1) is 26.1. The fraction of sp³-hybridized carbons (Fsp3) is 0.932. The Hall–Kier alpha value is -0.800. The molecule has 0 amide bonds. The number of quaternary nitrogens is 1. The van der Waals surface area contributed by atoms with Crippen molar-refractivity contribution in [1.82, 2.24) is 0 Å². The van der Waals surface area contributed by atoms with Crippen LogP contribution >= 0.6 is 7.82 Å². The molecular weight excluding hydrogens is 701 g/mol. The van der Waals surface area contributed by atoms with E-state index < -0.39 is 13.9 Å². The molecule has 0 aromatic heterocycles. The molecule has 1 heterocycles. The molecule has 1 N–H and O–H groups in total. The maximum absolute atomic E-state index is 12.7. The summed E-state index contributed by atoms with van der Waals surface area (Å²) in [6.45, 7) is 5.59. The van der Waals surface area contributed by atoms with Crippen LogP contribution in [-0.2, 0) is 32.6 Å². The topological polar surface area (TPSA) is 104 Å². The standard InChI is InChI=1S/C44H86NO8P/c1-6-8-10-12-13-14-15-16-17-18-19-20-21-25-28-32-37-49-39-41(40-51-54(47,48)50-38-36-45(3,4)5)52-44(46)35-31-27-24-22-23-26-30-34-43-42(53-43)33-29-11-9-7-2/h16-17,41-43H,6-15,18-40H2,1-5H3/p+1/b17-16-. The lowest BCUT2D eigenvalue weighted by Crippen LogP contribution is -2.37. The number of esters is 1. The highest BCUT2D eigenvalue weighted by molar-refractivity contribution is 7.47. The van der Waals surface area contributed by atoms with E-state index in [2.05, 4.69) is 26.0 Å². The Balaban J connectivity index is 2.20. The molecular formula is C44H87NO8P+. The van der Waals surface area contributed by atoms with Crippen LogP contribution in [0.1, 0.15) is 194 Å². The summed E-state index contributed by atoms with van der Waals surface area (Å²) in [6.07, 6.45) is 38.3. The molecule has 0 spiro atoms. The number of ether oxygens (including phenoxy) is 3. The zero-order valence-corrected chi connectivity index (χ0v) is 36.8. The Morgan fingerprint density at radius 2 is 1.13 bits per heavy atom. The second-order valence-corrected chi connectivity index (χ2v) is 18.3. The lowest BCUT2D eigenvalue weighted by atomic mass is 10.0. The van der Waals surface area contributed by atoms with Gasteiger partial charge in [-0.25, -0.2) is 4.57 Å². The lowest BCUT2D eigenvalue weighted by molar-refractivity contribution is -0.870. The number of phosphoric ester groups is 1. The summed E-state index contributed by atoms with van der Waals surface area (Å²) in [4.78, 5) is 22.9. The Labute approximate surface area is 333 Å². The minimum Gasteiger partial charge on any atom is -0.457 e. The Bertz CT molecular complexity index is 942. The van der Waals surface area contributed by atoms with E-state index in [1.54, 1.807) is 0 Å². The van der Waals surface area contributed by atoms with Gasteiger partial charge in [-0.3, -0.25) is 13.8 Å². The summed E-state index contributed by atoms with van der Waals surface area (Å²) in [5.74, 6) is -0.322. The minimum absolute atomic E-state index is 0.0861. The third-order valence-corrected chi connectivity index (χ3v) is 11.2. The van der Waals surface area contributed by atoms with Gasteiger partial charge in [0.15, 0.2) is 0 Å². The maximum atomic E-state index is 12.7. The first-order valence-electron chi connectivity index (χ1n) is 22.6. The SMILES string of the molecule is CCCCCCCC/C=C\CCCCCCCCOCC(COP(=O)(O)OCC[N+](C)(C)C)OC(=O)CCCCCCCCCC1OC1CCCCCC. The molecule has 0 radical (unpaired) electrons. The van der Waals surface area contributed by atoms with Crippen LogP contribution in [0.3, 0.4) is 0 Å². The predicted octanol–water partition coefficient (Wildman–Crippen LogP) is 12.0. The van der Waals surface area contributed by atoms with Crippen molar-refractivity contribution in [1.29, 1.82) is 0 Å². The van der Waals surface area contributed by atoms with Gasteiger partial charge in [0.2, 0.25) is 0 Å². The average Bonchev–Trinajstić information content (AvgIpc) is 3.88. The van der Waals surface area contributed by atoms with Gasteiger partial charge in [-0.1, -0.05) is 148 Å². The minimum atomic E-state index is -4.28. The van der Waals surface area contributed by atoms with Crippen LogP contribution in [0.5, 0.6) is 0 Å². The molecule has 0 bridgehead atoms. The number of likely N-dealkylation sites (N-methyl/N-ethyl adjacent to an activating group) is 1. The van der Waals surface area contributed by atoms with Gasteiger partial charge in [0.1, 0.15) is 19.3 Å². The number of hydrogen-bond donors (Lipinski definition) is 1. The molecule has 4 unspecified atom stereocenters. The third kappa shape index (κ3) is 34.4. The number of unbranched alkanes of at least 4 members (excludes halogenated alkanes) is 21. The molecule has 9 nitrogen and oxygen atoms in total. The fourth-order valence-electron chi connectivity index (χ4n) is 6.63. The maximum Gasteiger partial charge on any atom is 0.472 e. The zero-order chi connectivity index (χ0) is 39.6. The average molecular weight is 789 g/mol. The molecule has 0 saturated carbocycles. The number of carbonyl (C=O) groups excluding carboxylic acids is 1. The van der Waals surface area contributed by atoms with E-state index >= 15 is 0 Å². The predicted molar refractivity (Wildman–Crippen MR) is 224 cm³/mol. The van der Waals surface area contributed by atoms with Crippen LogP contribution in [0.25, 0.3) is 0 Å². The van der Waals surface area contributed by atoms with Crippen LogP contribution in [0.2, 0.25) is 0 Å². The van der Waals surface area contributed by atoms with Crippen molar-refractivity contribution in [2.75, 3.05) is 54.1 Å². The highest BCUT2D eigenvalue weighted by atomic mass is 31.2. The lowest BCUT2D eigenvalue weighted by Gasteiger charge is -2.24.